The van der Waals surface area contributed by atoms with Crippen molar-refractivity contribution in [3.63, 3.8) is 0 Å². The Balaban J connectivity index is 2.21. The maximum Gasteiger partial charge on any atom is 0.387 e. The van der Waals surface area contributed by atoms with Crippen molar-refractivity contribution in [2.45, 2.75) is 31.9 Å². The Bertz CT molecular complexity index is 362. The Labute approximate surface area is 93.6 Å². The number of rotatable bonds is 3. The third-order valence-electron chi connectivity index (χ3n) is 3.07. The predicted molar refractivity (Wildman–Crippen MR) is 57.7 cm³/mol. The minimum Gasteiger partial charge on any atom is -0.435 e. The summed E-state index contributed by atoms with van der Waals surface area (Å²) in [6.45, 7) is 0.289. The van der Waals surface area contributed by atoms with Crippen molar-refractivity contribution < 1.29 is 13.5 Å². The molecule has 0 aliphatic carbocycles. The molecule has 1 N–H and O–H groups in total. The molecule has 0 aromatic heterocycles. The molecule has 16 heavy (non-hydrogen) atoms. The van der Waals surface area contributed by atoms with Crippen LogP contribution < -0.4 is 10.1 Å². The van der Waals surface area contributed by atoms with Gasteiger partial charge < -0.3 is 10.1 Å². The van der Waals surface area contributed by atoms with E-state index in [0.29, 0.717) is 0 Å². The molecule has 1 unspecified atom stereocenters. The molecule has 0 saturated carbocycles. The van der Waals surface area contributed by atoms with Gasteiger partial charge in [0, 0.05) is 5.54 Å². The number of halogens is 2. The Hall–Kier alpha value is -1.16. The Morgan fingerprint density at radius 2 is 2.25 bits per heavy atom. The van der Waals surface area contributed by atoms with E-state index < -0.39 is 6.61 Å². The maximum absolute atomic E-state index is 12.1. The standard InChI is InChI=1S/C12H15F2NO/c1-12(6-3-7-15-12)9-4-2-5-10(8-9)16-11(13)14/h2,4-5,8,11,15H,3,6-7H2,1H3. The smallest absolute Gasteiger partial charge is 0.387 e. The predicted octanol–water partition coefficient (Wildman–Crippen LogP) is 2.89. The molecule has 1 atom stereocenters. The highest BCUT2D eigenvalue weighted by molar-refractivity contribution is 5.33. The lowest BCUT2D eigenvalue weighted by atomic mass is 9.90. The number of alkyl halides is 2. The summed E-state index contributed by atoms with van der Waals surface area (Å²) in [5.74, 6) is 0.224. The second-order valence-electron chi connectivity index (χ2n) is 4.27. The molecule has 1 heterocycles. The zero-order chi connectivity index (χ0) is 11.6. The Kier molecular flexibility index (Phi) is 3.10. The molecule has 1 saturated heterocycles. The fourth-order valence-electron chi connectivity index (χ4n) is 2.16. The normalized spacial score (nSPS) is 25.0. The summed E-state index contributed by atoms with van der Waals surface area (Å²) < 4.78 is 28.6. The molecule has 0 radical (unpaired) electrons. The van der Waals surface area contributed by atoms with Gasteiger partial charge in [-0.05, 0) is 44.0 Å². The minimum atomic E-state index is -2.76. The first-order valence-corrected chi connectivity index (χ1v) is 5.40. The van der Waals surface area contributed by atoms with Crippen molar-refractivity contribution in [3.05, 3.63) is 29.8 Å². The van der Waals surface area contributed by atoms with Crippen LogP contribution in [0.1, 0.15) is 25.3 Å². The van der Waals surface area contributed by atoms with Gasteiger partial charge in [-0.3, -0.25) is 0 Å². The first-order valence-electron chi connectivity index (χ1n) is 5.40. The number of nitrogens with one attached hydrogen (secondary N) is 1. The molecule has 2 rings (SSSR count). The van der Waals surface area contributed by atoms with E-state index in [4.69, 9.17) is 0 Å². The van der Waals surface area contributed by atoms with Crippen LogP contribution in [0.4, 0.5) is 8.78 Å². The van der Waals surface area contributed by atoms with E-state index in [2.05, 4.69) is 17.0 Å². The quantitative estimate of drug-likeness (QED) is 0.857. The summed E-state index contributed by atoms with van der Waals surface area (Å²) in [5, 5.41) is 3.39. The highest BCUT2D eigenvalue weighted by Crippen LogP contribution is 2.32. The molecular weight excluding hydrogens is 212 g/mol. The molecule has 1 fully saturated rings. The van der Waals surface area contributed by atoms with E-state index in [1.807, 2.05) is 6.07 Å². The van der Waals surface area contributed by atoms with Crippen LogP contribution in [0, 0.1) is 0 Å². The molecule has 0 spiro atoms. The average Bonchev–Trinajstić information content (AvgIpc) is 2.66. The molecule has 0 amide bonds. The molecule has 0 bridgehead atoms. The van der Waals surface area contributed by atoms with Gasteiger partial charge in [0.25, 0.3) is 0 Å². The monoisotopic (exact) mass is 227 g/mol. The van der Waals surface area contributed by atoms with Gasteiger partial charge in [-0.25, -0.2) is 0 Å². The summed E-state index contributed by atoms with van der Waals surface area (Å²) in [6, 6.07) is 6.92. The van der Waals surface area contributed by atoms with Gasteiger partial charge in [-0.2, -0.15) is 8.78 Å². The Morgan fingerprint density at radius 1 is 1.44 bits per heavy atom. The van der Waals surface area contributed by atoms with Crippen LogP contribution in [-0.2, 0) is 5.54 Å². The van der Waals surface area contributed by atoms with Crippen molar-refractivity contribution in [1.82, 2.24) is 5.32 Å². The van der Waals surface area contributed by atoms with Crippen LogP contribution in [0.15, 0.2) is 24.3 Å². The third-order valence-corrected chi connectivity index (χ3v) is 3.07. The van der Waals surface area contributed by atoms with E-state index >= 15 is 0 Å². The van der Waals surface area contributed by atoms with Crippen LogP contribution in [-0.4, -0.2) is 13.2 Å². The van der Waals surface area contributed by atoms with Gasteiger partial charge in [-0.15, -0.1) is 0 Å². The van der Waals surface area contributed by atoms with Crippen molar-refractivity contribution in [1.29, 1.82) is 0 Å². The lowest BCUT2D eigenvalue weighted by Crippen LogP contribution is -2.33. The van der Waals surface area contributed by atoms with Gasteiger partial charge in [0.15, 0.2) is 0 Å². The maximum atomic E-state index is 12.1. The summed E-state index contributed by atoms with van der Waals surface area (Å²) in [6.07, 6.45) is 2.13. The fourth-order valence-corrected chi connectivity index (χ4v) is 2.16. The van der Waals surface area contributed by atoms with Crippen LogP contribution in [0.5, 0.6) is 5.75 Å². The summed E-state index contributed by atoms with van der Waals surface area (Å²) in [7, 11) is 0. The zero-order valence-electron chi connectivity index (χ0n) is 9.17. The molecule has 1 aromatic carbocycles. The topological polar surface area (TPSA) is 21.3 Å². The van der Waals surface area contributed by atoms with Crippen LogP contribution >= 0.6 is 0 Å². The first-order chi connectivity index (χ1) is 7.60. The summed E-state index contributed by atoms with van der Waals surface area (Å²) in [5.41, 5.74) is 0.893. The molecule has 1 aromatic rings. The summed E-state index contributed by atoms with van der Waals surface area (Å²) in [4.78, 5) is 0. The average molecular weight is 227 g/mol. The van der Waals surface area contributed by atoms with Crippen LogP contribution in [0.3, 0.4) is 0 Å². The molecule has 1 aliphatic rings. The Morgan fingerprint density at radius 3 is 2.88 bits per heavy atom. The summed E-state index contributed by atoms with van der Waals surface area (Å²) >= 11 is 0. The number of benzene rings is 1. The van der Waals surface area contributed by atoms with E-state index in [1.165, 1.54) is 0 Å². The van der Waals surface area contributed by atoms with Crippen molar-refractivity contribution in [2.24, 2.45) is 0 Å². The number of ether oxygens (including phenoxy) is 1. The van der Waals surface area contributed by atoms with Gasteiger partial charge in [0.05, 0.1) is 0 Å². The molecule has 2 nitrogen and oxygen atoms in total. The van der Waals surface area contributed by atoms with E-state index in [9.17, 15) is 8.78 Å². The minimum absolute atomic E-state index is 0.110. The number of hydrogen-bond acceptors (Lipinski definition) is 2. The zero-order valence-corrected chi connectivity index (χ0v) is 9.17. The number of hydrogen-bond donors (Lipinski definition) is 1. The first kappa shape index (κ1) is 11.3. The highest BCUT2D eigenvalue weighted by Gasteiger charge is 2.30. The lowest BCUT2D eigenvalue weighted by molar-refractivity contribution is -0.0499. The molecular formula is C12H15F2NO. The lowest BCUT2D eigenvalue weighted by Gasteiger charge is -2.25. The van der Waals surface area contributed by atoms with Gasteiger partial charge in [0.1, 0.15) is 5.75 Å². The van der Waals surface area contributed by atoms with Crippen molar-refractivity contribution >= 4 is 0 Å². The van der Waals surface area contributed by atoms with Gasteiger partial charge in [0.2, 0.25) is 0 Å². The molecule has 4 heteroatoms. The second-order valence-corrected chi connectivity index (χ2v) is 4.27. The third kappa shape index (κ3) is 2.32. The van der Waals surface area contributed by atoms with E-state index in [-0.39, 0.29) is 11.3 Å². The highest BCUT2D eigenvalue weighted by atomic mass is 19.3. The molecule has 1 aliphatic heterocycles. The second kappa shape index (κ2) is 4.37. The van der Waals surface area contributed by atoms with Crippen molar-refractivity contribution in [2.75, 3.05) is 6.54 Å². The van der Waals surface area contributed by atoms with E-state index in [1.54, 1.807) is 18.2 Å². The van der Waals surface area contributed by atoms with Crippen LogP contribution in [0.25, 0.3) is 0 Å². The van der Waals surface area contributed by atoms with Crippen LogP contribution in [0.2, 0.25) is 0 Å². The molecule has 88 valence electrons. The SMILES string of the molecule is CC1(c2cccc(OC(F)F)c2)CCCN1. The van der Waals surface area contributed by atoms with Gasteiger partial charge >= 0.3 is 6.61 Å². The van der Waals surface area contributed by atoms with Crippen molar-refractivity contribution in [3.8, 4) is 5.75 Å². The van der Waals surface area contributed by atoms with E-state index in [0.717, 1.165) is 24.9 Å². The van der Waals surface area contributed by atoms with Gasteiger partial charge in [-0.1, -0.05) is 12.1 Å². The largest absolute Gasteiger partial charge is 0.435 e. The fraction of sp³-hybridized carbons (Fsp3) is 0.500.